The van der Waals surface area contributed by atoms with E-state index >= 15 is 0 Å². The molecule has 2 rings (SSSR count). The first-order valence-corrected chi connectivity index (χ1v) is 6.73. The Balaban J connectivity index is 1.92. The summed E-state index contributed by atoms with van der Waals surface area (Å²) < 4.78 is 0. The van der Waals surface area contributed by atoms with E-state index in [9.17, 15) is 4.79 Å². The van der Waals surface area contributed by atoms with Gasteiger partial charge in [0.05, 0.1) is 6.54 Å². The maximum absolute atomic E-state index is 11.9. The number of carbonyl (C=O) groups excluding carboxylic acids is 1. The topological polar surface area (TPSA) is 41.1 Å². The third-order valence-corrected chi connectivity index (χ3v) is 3.38. The lowest BCUT2D eigenvalue weighted by Crippen LogP contribution is -2.22. The molecule has 2 aromatic rings. The van der Waals surface area contributed by atoms with Gasteiger partial charge in [-0.1, -0.05) is 29.8 Å². The first-order valence-electron chi connectivity index (χ1n) is 6.73. The maximum Gasteiger partial charge on any atom is 0.243 e. The molecular formula is C17H20N2O. The predicted molar refractivity (Wildman–Crippen MR) is 84.2 cm³/mol. The van der Waals surface area contributed by atoms with E-state index in [1.807, 2.05) is 63.2 Å². The van der Waals surface area contributed by atoms with Crippen LogP contribution in [-0.2, 0) is 4.79 Å². The van der Waals surface area contributed by atoms with Crippen LogP contribution in [0.4, 0.5) is 11.4 Å². The van der Waals surface area contributed by atoms with Crippen molar-refractivity contribution in [1.82, 2.24) is 0 Å². The molecule has 20 heavy (non-hydrogen) atoms. The van der Waals surface area contributed by atoms with Gasteiger partial charge in [0.1, 0.15) is 0 Å². The third-order valence-electron chi connectivity index (χ3n) is 3.38. The number of hydrogen-bond acceptors (Lipinski definition) is 2. The highest BCUT2D eigenvalue weighted by atomic mass is 16.1. The van der Waals surface area contributed by atoms with Gasteiger partial charge in [-0.15, -0.1) is 0 Å². The Bertz CT molecular complexity index is 603. The van der Waals surface area contributed by atoms with Crippen LogP contribution in [0.2, 0.25) is 0 Å². The highest BCUT2D eigenvalue weighted by Crippen LogP contribution is 2.17. The predicted octanol–water partition coefficient (Wildman–Crippen LogP) is 3.66. The lowest BCUT2D eigenvalue weighted by Gasteiger charge is -2.11. The zero-order chi connectivity index (χ0) is 14.5. The average molecular weight is 268 g/mol. The lowest BCUT2D eigenvalue weighted by molar-refractivity contribution is -0.114. The Morgan fingerprint density at radius 2 is 1.70 bits per heavy atom. The summed E-state index contributed by atoms with van der Waals surface area (Å²) in [6, 6.07) is 13.9. The van der Waals surface area contributed by atoms with Crippen molar-refractivity contribution >= 4 is 17.3 Å². The van der Waals surface area contributed by atoms with E-state index in [1.165, 1.54) is 11.1 Å². The highest BCUT2D eigenvalue weighted by Gasteiger charge is 2.05. The van der Waals surface area contributed by atoms with Crippen LogP contribution in [-0.4, -0.2) is 12.5 Å². The zero-order valence-corrected chi connectivity index (χ0v) is 12.2. The van der Waals surface area contributed by atoms with Gasteiger partial charge in [-0.3, -0.25) is 4.79 Å². The average Bonchev–Trinajstić information content (AvgIpc) is 2.43. The Hall–Kier alpha value is -2.29. The van der Waals surface area contributed by atoms with Gasteiger partial charge in [0.25, 0.3) is 0 Å². The molecule has 0 saturated carbocycles. The molecule has 0 fully saturated rings. The van der Waals surface area contributed by atoms with Crippen LogP contribution >= 0.6 is 0 Å². The number of benzene rings is 2. The quantitative estimate of drug-likeness (QED) is 0.888. The highest BCUT2D eigenvalue weighted by molar-refractivity contribution is 5.94. The van der Waals surface area contributed by atoms with Gasteiger partial charge in [0, 0.05) is 11.4 Å². The van der Waals surface area contributed by atoms with E-state index in [2.05, 4.69) is 10.6 Å². The van der Waals surface area contributed by atoms with Crippen molar-refractivity contribution in [2.24, 2.45) is 0 Å². The molecule has 0 bridgehead atoms. The smallest absolute Gasteiger partial charge is 0.243 e. The molecule has 0 heterocycles. The van der Waals surface area contributed by atoms with Crippen molar-refractivity contribution in [3.63, 3.8) is 0 Å². The molecule has 2 N–H and O–H groups in total. The van der Waals surface area contributed by atoms with Gasteiger partial charge < -0.3 is 10.6 Å². The number of aryl methyl sites for hydroxylation is 2. The zero-order valence-electron chi connectivity index (χ0n) is 12.2. The monoisotopic (exact) mass is 268 g/mol. The summed E-state index contributed by atoms with van der Waals surface area (Å²) in [4.78, 5) is 11.9. The Morgan fingerprint density at radius 3 is 2.40 bits per heavy atom. The van der Waals surface area contributed by atoms with Crippen LogP contribution in [0, 0.1) is 20.8 Å². The first kappa shape index (κ1) is 14.1. The van der Waals surface area contributed by atoms with E-state index < -0.39 is 0 Å². The van der Waals surface area contributed by atoms with Crippen molar-refractivity contribution in [1.29, 1.82) is 0 Å². The molecule has 0 atom stereocenters. The second kappa shape index (κ2) is 6.24. The molecule has 3 heteroatoms. The molecule has 0 aliphatic carbocycles. The van der Waals surface area contributed by atoms with Crippen LogP contribution < -0.4 is 10.6 Å². The molecule has 0 unspecified atom stereocenters. The molecule has 0 saturated heterocycles. The molecule has 2 aromatic carbocycles. The van der Waals surface area contributed by atoms with E-state index in [0.717, 1.165) is 16.9 Å². The van der Waals surface area contributed by atoms with Gasteiger partial charge in [-0.25, -0.2) is 0 Å². The fourth-order valence-electron chi connectivity index (χ4n) is 1.93. The number of anilines is 2. The summed E-state index contributed by atoms with van der Waals surface area (Å²) in [6.07, 6.45) is 0. The van der Waals surface area contributed by atoms with Gasteiger partial charge in [-0.2, -0.15) is 0 Å². The fourth-order valence-corrected chi connectivity index (χ4v) is 1.93. The van der Waals surface area contributed by atoms with Gasteiger partial charge in [-0.05, 0) is 50.1 Å². The molecule has 104 valence electrons. The summed E-state index contributed by atoms with van der Waals surface area (Å²) in [6.45, 7) is 6.35. The molecule has 1 amide bonds. The minimum absolute atomic E-state index is 0.0423. The number of rotatable bonds is 4. The van der Waals surface area contributed by atoms with Gasteiger partial charge >= 0.3 is 0 Å². The maximum atomic E-state index is 11.9. The molecule has 0 radical (unpaired) electrons. The second-order valence-corrected chi connectivity index (χ2v) is 5.02. The van der Waals surface area contributed by atoms with Crippen LogP contribution in [0.3, 0.4) is 0 Å². The van der Waals surface area contributed by atoms with E-state index in [1.54, 1.807) is 0 Å². The van der Waals surface area contributed by atoms with Crippen LogP contribution in [0.5, 0.6) is 0 Å². The fraction of sp³-hybridized carbons (Fsp3) is 0.235. The van der Waals surface area contributed by atoms with Crippen LogP contribution in [0.1, 0.15) is 16.7 Å². The summed E-state index contributed by atoms with van der Waals surface area (Å²) in [5.74, 6) is -0.0423. The molecule has 0 aromatic heterocycles. The minimum Gasteiger partial charge on any atom is -0.376 e. The number of amides is 1. The number of nitrogens with one attached hydrogen (secondary N) is 2. The Labute approximate surface area is 120 Å². The van der Waals surface area contributed by atoms with Crippen molar-refractivity contribution in [3.05, 3.63) is 59.2 Å². The normalized spacial score (nSPS) is 10.2. The third kappa shape index (κ3) is 3.60. The lowest BCUT2D eigenvalue weighted by atomic mass is 10.1. The standard InChI is InChI=1S/C17H20N2O/c1-12-7-9-15(10-8-12)18-11-17(20)19-16-6-4-5-13(2)14(16)3/h4-10,18H,11H2,1-3H3,(H,19,20). The summed E-state index contributed by atoms with van der Waals surface area (Å²) in [5, 5.41) is 6.05. The van der Waals surface area contributed by atoms with Crippen molar-refractivity contribution in [2.75, 3.05) is 17.2 Å². The Kier molecular flexibility index (Phi) is 4.41. The number of hydrogen-bond donors (Lipinski definition) is 2. The molecular weight excluding hydrogens is 248 g/mol. The molecule has 0 aliphatic rings. The molecule has 0 spiro atoms. The van der Waals surface area contributed by atoms with Crippen molar-refractivity contribution in [2.45, 2.75) is 20.8 Å². The second-order valence-electron chi connectivity index (χ2n) is 5.02. The van der Waals surface area contributed by atoms with Crippen LogP contribution in [0.25, 0.3) is 0 Å². The van der Waals surface area contributed by atoms with Gasteiger partial charge in [0.2, 0.25) is 5.91 Å². The van der Waals surface area contributed by atoms with Crippen LogP contribution in [0.15, 0.2) is 42.5 Å². The van der Waals surface area contributed by atoms with E-state index in [0.29, 0.717) is 0 Å². The Morgan fingerprint density at radius 1 is 1.00 bits per heavy atom. The summed E-state index contributed by atoms with van der Waals surface area (Å²) >= 11 is 0. The SMILES string of the molecule is Cc1ccc(NCC(=O)Nc2cccc(C)c2C)cc1. The summed E-state index contributed by atoms with van der Waals surface area (Å²) in [7, 11) is 0. The van der Waals surface area contributed by atoms with Gasteiger partial charge in [0.15, 0.2) is 0 Å². The molecule has 0 aliphatic heterocycles. The largest absolute Gasteiger partial charge is 0.376 e. The van der Waals surface area contributed by atoms with E-state index in [-0.39, 0.29) is 12.5 Å². The van der Waals surface area contributed by atoms with Crippen molar-refractivity contribution < 1.29 is 4.79 Å². The number of carbonyl (C=O) groups is 1. The van der Waals surface area contributed by atoms with E-state index in [4.69, 9.17) is 0 Å². The molecule has 3 nitrogen and oxygen atoms in total. The van der Waals surface area contributed by atoms with Crippen molar-refractivity contribution in [3.8, 4) is 0 Å². The summed E-state index contributed by atoms with van der Waals surface area (Å²) in [5.41, 5.74) is 5.31. The minimum atomic E-state index is -0.0423. The first-order chi connectivity index (χ1) is 9.56.